The number of benzene rings is 1. The number of fused-ring (bicyclic) bond motifs is 1. The monoisotopic (exact) mass is 464 g/mol. The summed E-state index contributed by atoms with van der Waals surface area (Å²) in [6.07, 6.45) is 3.91. The van der Waals surface area contributed by atoms with E-state index in [1.54, 1.807) is 13.4 Å². The van der Waals surface area contributed by atoms with Gasteiger partial charge >= 0.3 is 0 Å². The van der Waals surface area contributed by atoms with Crippen molar-refractivity contribution < 1.29 is 0 Å². The van der Waals surface area contributed by atoms with Crippen LogP contribution in [-0.2, 0) is 13.0 Å². The molecule has 6 heteroatoms. The van der Waals surface area contributed by atoms with Crippen molar-refractivity contribution in [2.45, 2.75) is 60.9 Å². The van der Waals surface area contributed by atoms with Gasteiger partial charge in [-0.25, -0.2) is 0 Å². The van der Waals surface area contributed by atoms with Gasteiger partial charge < -0.3 is 10.2 Å². The number of aryl methyl sites for hydroxylation is 2. The molecular formula is C28H44N6. The van der Waals surface area contributed by atoms with Crippen molar-refractivity contribution in [3.63, 3.8) is 0 Å². The van der Waals surface area contributed by atoms with Gasteiger partial charge in [0.25, 0.3) is 0 Å². The average molecular weight is 465 g/mol. The molecule has 1 aliphatic heterocycles. The Morgan fingerprint density at radius 3 is 2.26 bits per heavy atom. The molecule has 0 spiro atoms. The van der Waals surface area contributed by atoms with E-state index in [1.807, 2.05) is 52.8 Å². The Hall–Kier alpha value is -2.99. The number of hydrogen-bond donors (Lipinski definition) is 1. The zero-order valence-electron chi connectivity index (χ0n) is 22.7. The highest BCUT2D eigenvalue weighted by Gasteiger charge is 2.24. The first kappa shape index (κ1) is 29.0. The van der Waals surface area contributed by atoms with E-state index in [-0.39, 0.29) is 0 Å². The van der Waals surface area contributed by atoms with Gasteiger partial charge in [0.2, 0.25) is 0 Å². The summed E-state index contributed by atoms with van der Waals surface area (Å²) in [5, 5.41) is 8.02. The number of nitrogens with one attached hydrogen (secondary N) is 1. The molecular weight excluding hydrogens is 420 g/mol. The lowest BCUT2D eigenvalue weighted by Crippen LogP contribution is -2.08. The molecule has 0 aliphatic carbocycles. The Morgan fingerprint density at radius 2 is 1.71 bits per heavy atom. The van der Waals surface area contributed by atoms with Gasteiger partial charge in [-0.2, -0.15) is 5.10 Å². The van der Waals surface area contributed by atoms with Crippen LogP contribution in [0.3, 0.4) is 0 Å². The summed E-state index contributed by atoms with van der Waals surface area (Å²) >= 11 is 0. The number of hydrogen-bond acceptors (Lipinski definition) is 4. The van der Waals surface area contributed by atoms with Crippen LogP contribution in [0.4, 0.5) is 5.69 Å². The largest absolute Gasteiger partial charge is 0.347 e. The minimum atomic E-state index is 0.942. The number of nitrogens with zero attached hydrogens (tertiary/aromatic N) is 5. The standard InChI is InChI=1S/C20H21N5.C4H11N.2C2H6/c1-14-5-3-6-17(23-14)20-19(18-7-4-12-25(18)24-20)15-8-10-16(11-9-15)22-13-21-2;1-4-5(2)3;2*1-2/h3,5-6,8-11,13H,4,7,12H2,1-2H3,(H,21,22);4H2,1-3H3;2*1-2H3. The molecule has 0 bridgehead atoms. The van der Waals surface area contributed by atoms with Gasteiger partial charge in [-0.05, 0) is 70.2 Å². The van der Waals surface area contributed by atoms with Crippen LogP contribution in [-0.4, -0.2) is 53.7 Å². The predicted molar refractivity (Wildman–Crippen MR) is 149 cm³/mol. The number of rotatable bonds is 5. The third-order valence-electron chi connectivity index (χ3n) is 5.14. The van der Waals surface area contributed by atoms with E-state index in [0.717, 1.165) is 48.7 Å². The Bertz CT molecular complexity index is 987. The molecule has 0 amide bonds. The van der Waals surface area contributed by atoms with Gasteiger partial charge in [-0.3, -0.25) is 14.7 Å². The molecule has 6 nitrogen and oxygen atoms in total. The molecule has 0 atom stereocenters. The highest BCUT2D eigenvalue weighted by Crippen LogP contribution is 2.37. The van der Waals surface area contributed by atoms with Gasteiger partial charge in [0, 0.05) is 36.2 Å². The number of aliphatic imine (C=N–C) groups is 1. The van der Waals surface area contributed by atoms with Crippen LogP contribution in [0.1, 0.15) is 52.4 Å². The van der Waals surface area contributed by atoms with Crippen LogP contribution in [0, 0.1) is 6.92 Å². The molecule has 1 N–H and O–H groups in total. The Labute approximate surface area is 207 Å². The minimum Gasteiger partial charge on any atom is -0.347 e. The molecule has 0 saturated carbocycles. The number of aromatic nitrogens is 3. The molecule has 4 rings (SSSR count). The van der Waals surface area contributed by atoms with Crippen molar-refractivity contribution in [2.24, 2.45) is 4.99 Å². The maximum atomic E-state index is 4.87. The minimum absolute atomic E-state index is 0.942. The van der Waals surface area contributed by atoms with E-state index in [2.05, 4.69) is 65.2 Å². The van der Waals surface area contributed by atoms with E-state index >= 15 is 0 Å². The highest BCUT2D eigenvalue weighted by atomic mass is 15.3. The predicted octanol–water partition coefficient (Wildman–Crippen LogP) is 6.56. The van der Waals surface area contributed by atoms with Crippen LogP contribution < -0.4 is 5.32 Å². The van der Waals surface area contributed by atoms with Crippen molar-refractivity contribution in [3.05, 3.63) is 53.9 Å². The smallest absolute Gasteiger partial charge is 0.119 e. The average Bonchev–Trinajstić information content (AvgIpc) is 3.48. The molecule has 186 valence electrons. The fourth-order valence-corrected chi connectivity index (χ4v) is 3.36. The maximum Gasteiger partial charge on any atom is 0.119 e. The molecule has 0 saturated heterocycles. The third-order valence-corrected chi connectivity index (χ3v) is 5.14. The van der Waals surface area contributed by atoms with E-state index < -0.39 is 0 Å². The normalized spacial score (nSPS) is 11.6. The fourth-order valence-electron chi connectivity index (χ4n) is 3.36. The lowest BCUT2D eigenvalue weighted by Gasteiger charge is -2.07. The molecule has 34 heavy (non-hydrogen) atoms. The summed E-state index contributed by atoms with van der Waals surface area (Å²) < 4.78 is 2.14. The van der Waals surface area contributed by atoms with Crippen molar-refractivity contribution >= 4 is 12.0 Å². The zero-order chi connectivity index (χ0) is 25.5. The van der Waals surface area contributed by atoms with E-state index in [9.17, 15) is 0 Å². The summed E-state index contributed by atoms with van der Waals surface area (Å²) in [7, 11) is 5.86. The van der Waals surface area contributed by atoms with Crippen LogP contribution in [0.2, 0.25) is 0 Å². The van der Waals surface area contributed by atoms with E-state index in [4.69, 9.17) is 10.1 Å². The zero-order valence-corrected chi connectivity index (χ0v) is 22.7. The first-order chi connectivity index (χ1) is 16.5. The second-order valence-electron chi connectivity index (χ2n) is 7.67. The van der Waals surface area contributed by atoms with Gasteiger partial charge in [0.15, 0.2) is 0 Å². The first-order valence-electron chi connectivity index (χ1n) is 12.5. The van der Waals surface area contributed by atoms with Crippen molar-refractivity contribution in [3.8, 4) is 22.5 Å². The van der Waals surface area contributed by atoms with E-state index in [1.165, 1.54) is 16.8 Å². The second-order valence-corrected chi connectivity index (χ2v) is 7.67. The second kappa shape index (κ2) is 15.8. The Morgan fingerprint density at radius 1 is 1.06 bits per heavy atom. The Balaban J connectivity index is 0.000000563. The van der Waals surface area contributed by atoms with Gasteiger partial charge in [0.05, 0.1) is 12.0 Å². The molecule has 0 unspecified atom stereocenters. The van der Waals surface area contributed by atoms with Gasteiger partial charge in [0.1, 0.15) is 5.69 Å². The fraction of sp³-hybridized carbons (Fsp3) is 0.464. The van der Waals surface area contributed by atoms with Crippen LogP contribution in [0.15, 0.2) is 47.5 Å². The quantitative estimate of drug-likeness (QED) is 0.343. The van der Waals surface area contributed by atoms with E-state index in [0.29, 0.717) is 0 Å². The summed E-state index contributed by atoms with van der Waals surface area (Å²) in [5.74, 6) is 0. The maximum absolute atomic E-state index is 4.87. The van der Waals surface area contributed by atoms with Gasteiger partial charge in [-0.1, -0.05) is 52.8 Å². The summed E-state index contributed by atoms with van der Waals surface area (Å²) in [6, 6.07) is 14.5. The van der Waals surface area contributed by atoms with Crippen LogP contribution >= 0.6 is 0 Å². The molecule has 1 aromatic carbocycles. The topological polar surface area (TPSA) is 58.3 Å². The molecule has 0 radical (unpaired) electrons. The van der Waals surface area contributed by atoms with Crippen LogP contribution in [0.25, 0.3) is 22.5 Å². The molecule has 3 heterocycles. The molecule has 2 aromatic heterocycles. The first-order valence-corrected chi connectivity index (χ1v) is 12.5. The highest BCUT2D eigenvalue weighted by molar-refractivity contribution is 5.83. The van der Waals surface area contributed by atoms with Gasteiger partial charge in [-0.15, -0.1) is 0 Å². The lowest BCUT2D eigenvalue weighted by atomic mass is 9.99. The molecule has 0 fully saturated rings. The van der Waals surface area contributed by atoms with Crippen LogP contribution in [0.5, 0.6) is 0 Å². The summed E-state index contributed by atoms with van der Waals surface area (Å²) in [5.41, 5.74) is 7.66. The Kier molecular flexibility index (Phi) is 13.5. The SMILES string of the molecule is CC.CC.CCN(C)C.CN=CNc1ccc(-c2c(-c3cccc(C)n3)nn3c2CCC3)cc1. The summed E-state index contributed by atoms with van der Waals surface area (Å²) in [4.78, 5) is 10.8. The summed E-state index contributed by atoms with van der Waals surface area (Å²) in [6.45, 7) is 14.3. The van der Waals surface area contributed by atoms with Crippen molar-refractivity contribution in [2.75, 3.05) is 33.0 Å². The third kappa shape index (κ3) is 8.10. The molecule has 1 aliphatic rings. The van der Waals surface area contributed by atoms with Crippen molar-refractivity contribution in [1.29, 1.82) is 0 Å². The number of pyridine rings is 1. The molecule has 3 aromatic rings. The lowest BCUT2D eigenvalue weighted by molar-refractivity contribution is 0.434. The number of anilines is 1. The van der Waals surface area contributed by atoms with Crippen molar-refractivity contribution in [1.82, 2.24) is 19.7 Å².